The van der Waals surface area contributed by atoms with Crippen LogP contribution in [-0.4, -0.2) is 13.6 Å². The van der Waals surface area contributed by atoms with Crippen LogP contribution in [0.15, 0.2) is 44.4 Å². The molecule has 96 valence electrons. The first-order chi connectivity index (χ1) is 8.49. The minimum Gasteiger partial charge on any atom is -0.360 e. The number of benzene rings is 1. The molecule has 0 bridgehead atoms. The summed E-state index contributed by atoms with van der Waals surface area (Å²) in [5, 5.41) is 3.51. The molecule has 0 unspecified atom stereocenters. The van der Waals surface area contributed by atoms with Gasteiger partial charge in [-0.3, -0.25) is 0 Å². The molecular formula is C11H11BrN2O3S. The zero-order valence-electron chi connectivity index (χ0n) is 9.55. The number of sulfonamides is 1. The molecule has 18 heavy (non-hydrogen) atoms. The summed E-state index contributed by atoms with van der Waals surface area (Å²) >= 11 is 3.25. The molecule has 0 aliphatic heterocycles. The summed E-state index contributed by atoms with van der Waals surface area (Å²) in [5.74, 6) is 0.460. The smallest absolute Gasteiger partial charge is 0.242 e. The van der Waals surface area contributed by atoms with E-state index in [1.165, 1.54) is 6.20 Å². The molecule has 5 nitrogen and oxygen atoms in total. The fraction of sp³-hybridized carbons (Fsp3) is 0.182. The van der Waals surface area contributed by atoms with Crippen LogP contribution in [0.25, 0.3) is 0 Å². The number of rotatable bonds is 4. The first-order valence-corrected chi connectivity index (χ1v) is 7.42. The third kappa shape index (κ3) is 2.98. The summed E-state index contributed by atoms with van der Waals surface area (Å²) in [6, 6.07) is 6.66. The molecule has 2 rings (SSSR count). The molecule has 0 spiro atoms. The van der Waals surface area contributed by atoms with Crippen molar-refractivity contribution >= 4 is 26.0 Å². The molecule has 1 aromatic carbocycles. The van der Waals surface area contributed by atoms with Crippen LogP contribution < -0.4 is 4.72 Å². The SMILES string of the molecule is Cc1ccc(S(=O)(=O)NCc2ccno2)c(Br)c1. The van der Waals surface area contributed by atoms with E-state index in [4.69, 9.17) is 4.52 Å². The van der Waals surface area contributed by atoms with Gasteiger partial charge >= 0.3 is 0 Å². The highest BCUT2D eigenvalue weighted by atomic mass is 79.9. The number of halogens is 1. The first kappa shape index (κ1) is 13.3. The van der Waals surface area contributed by atoms with Gasteiger partial charge in [-0.1, -0.05) is 11.2 Å². The molecule has 1 N–H and O–H groups in total. The van der Waals surface area contributed by atoms with Crippen LogP contribution in [0.5, 0.6) is 0 Å². The van der Waals surface area contributed by atoms with Crippen molar-refractivity contribution in [1.29, 1.82) is 0 Å². The summed E-state index contributed by atoms with van der Waals surface area (Å²) in [6.45, 7) is 1.96. The average Bonchev–Trinajstić information content (AvgIpc) is 2.78. The van der Waals surface area contributed by atoms with Crippen molar-refractivity contribution in [2.24, 2.45) is 0 Å². The van der Waals surface area contributed by atoms with E-state index >= 15 is 0 Å². The quantitative estimate of drug-likeness (QED) is 0.932. The van der Waals surface area contributed by atoms with E-state index in [1.54, 1.807) is 24.3 Å². The van der Waals surface area contributed by atoms with Crippen LogP contribution in [-0.2, 0) is 16.6 Å². The minimum atomic E-state index is -3.57. The lowest BCUT2D eigenvalue weighted by Gasteiger charge is -2.07. The highest BCUT2D eigenvalue weighted by Crippen LogP contribution is 2.22. The maximum Gasteiger partial charge on any atom is 0.242 e. The Hall–Kier alpha value is -1.18. The monoisotopic (exact) mass is 330 g/mol. The van der Waals surface area contributed by atoms with Crippen LogP contribution in [0.4, 0.5) is 0 Å². The topological polar surface area (TPSA) is 72.2 Å². The second-order valence-corrected chi connectivity index (χ2v) is 6.33. The van der Waals surface area contributed by atoms with E-state index in [2.05, 4.69) is 25.8 Å². The second-order valence-electron chi connectivity index (χ2n) is 3.74. The highest BCUT2D eigenvalue weighted by molar-refractivity contribution is 9.10. The largest absolute Gasteiger partial charge is 0.360 e. The van der Waals surface area contributed by atoms with Gasteiger partial charge in [-0.05, 0) is 40.5 Å². The van der Waals surface area contributed by atoms with Gasteiger partial charge in [-0.25, -0.2) is 13.1 Å². The Kier molecular flexibility index (Phi) is 3.84. The Balaban J connectivity index is 2.20. The van der Waals surface area contributed by atoms with E-state index in [0.717, 1.165) is 5.56 Å². The van der Waals surface area contributed by atoms with Crippen LogP contribution >= 0.6 is 15.9 Å². The predicted octanol–water partition coefficient (Wildman–Crippen LogP) is 2.22. The zero-order valence-corrected chi connectivity index (χ0v) is 12.0. The Labute approximate surface area is 113 Å². The molecule has 0 aliphatic rings. The van der Waals surface area contributed by atoms with E-state index in [-0.39, 0.29) is 11.4 Å². The number of nitrogens with one attached hydrogen (secondary N) is 1. The minimum absolute atomic E-state index is 0.0721. The highest BCUT2D eigenvalue weighted by Gasteiger charge is 2.17. The summed E-state index contributed by atoms with van der Waals surface area (Å²) in [4.78, 5) is 0.201. The van der Waals surface area contributed by atoms with Gasteiger partial charge in [0.25, 0.3) is 0 Å². The fourth-order valence-corrected chi connectivity index (χ4v) is 3.58. The molecule has 1 aromatic heterocycles. The number of hydrogen-bond acceptors (Lipinski definition) is 4. The van der Waals surface area contributed by atoms with Gasteiger partial charge in [0.2, 0.25) is 10.0 Å². The van der Waals surface area contributed by atoms with Gasteiger partial charge in [-0.2, -0.15) is 0 Å². The number of hydrogen-bond donors (Lipinski definition) is 1. The van der Waals surface area contributed by atoms with Crippen LogP contribution in [0.2, 0.25) is 0 Å². The van der Waals surface area contributed by atoms with Crippen LogP contribution in [0.1, 0.15) is 11.3 Å². The zero-order chi connectivity index (χ0) is 13.2. The van der Waals surface area contributed by atoms with E-state index in [1.807, 2.05) is 6.92 Å². The number of aryl methyl sites for hydroxylation is 1. The maximum absolute atomic E-state index is 12.1. The fourth-order valence-electron chi connectivity index (χ4n) is 1.40. The summed E-state index contributed by atoms with van der Waals surface area (Å²) in [7, 11) is -3.57. The van der Waals surface area contributed by atoms with Gasteiger partial charge < -0.3 is 4.52 Å². The normalized spacial score (nSPS) is 11.7. The lowest BCUT2D eigenvalue weighted by atomic mass is 10.2. The van der Waals surface area contributed by atoms with Crippen LogP contribution in [0, 0.1) is 6.92 Å². The standard InChI is InChI=1S/C11H11BrN2O3S/c1-8-2-3-11(10(12)6-8)18(15,16)14-7-9-4-5-13-17-9/h2-6,14H,7H2,1H3. The van der Waals surface area contributed by atoms with Gasteiger partial charge in [0.15, 0.2) is 5.76 Å². The lowest BCUT2D eigenvalue weighted by molar-refractivity contribution is 0.380. The summed E-state index contributed by atoms with van der Waals surface area (Å²) in [5.41, 5.74) is 0.982. The molecule has 0 saturated carbocycles. The Morgan fingerprint density at radius 2 is 2.17 bits per heavy atom. The van der Waals surface area contributed by atoms with E-state index in [0.29, 0.717) is 10.2 Å². The predicted molar refractivity (Wildman–Crippen MR) is 69.4 cm³/mol. The molecule has 2 aromatic rings. The average molecular weight is 331 g/mol. The van der Waals surface area contributed by atoms with Crippen molar-refractivity contribution in [3.05, 3.63) is 46.3 Å². The summed E-state index contributed by atoms with van der Waals surface area (Å²) < 4.78 is 31.9. The van der Waals surface area contributed by atoms with E-state index in [9.17, 15) is 8.42 Å². The van der Waals surface area contributed by atoms with Crippen molar-refractivity contribution in [3.63, 3.8) is 0 Å². The molecular weight excluding hydrogens is 320 g/mol. The molecule has 0 atom stereocenters. The van der Waals surface area contributed by atoms with Gasteiger partial charge in [-0.15, -0.1) is 0 Å². The maximum atomic E-state index is 12.1. The Morgan fingerprint density at radius 1 is 1.39 bits per heavy atom. The van der Waals surface area contributed by atoms with Gasteiger partial charge in [0, 0.05) is 10.5 Å². The van der Waals surface area contributed by atoms with Gasteiger partial charge in [0.05, 0.1) is 17.6 Å². The number of nitrogens with zero attached hydrogens (tertiary/aromatic N) is 1. The second kappa shape index (κ2) is 5.21. The third-order valence-electron chi connectivity index (χ3n) is 2.30. The van der Waals surface area contributed by atoms with Crippen molar-refractivity contribution < 1.29 is 12.9 Å². The molecule has 7 heteroatoms. The Bertz CT molecular complexity index is 638. The Morgan fingerprint density at radius 3 is 2.78 bits per heavy atom. The van der Waals surface area contributed by atoms with Crippen molar-refractivity contribution in [1.82, 2.24) is 9.88 Å². The van der Waals surface area contributed by atoms with Crippen LogP contribution in [0.3, 0.4) is 0 Å². The molecule has 0 aliphatic carbocycles. The molecule has 0 fully saturated rings. The van der Waals surface area contributed by atoms with Crippen molar-refractivity contribution in [3.8, 4) is 0 Å². The number of aromatic nitrogens is 1. The lowest BCUT2D eigenvalue weighted by Crippen LogP contribution is -2.23. The molecule has 0 radical (unpaired) electrons. The summed E-state index contributed by atoms with van der Waals surface area (Å²) in [6.07, 6.45) is 1.46. The van der Waals surface area contributed by atoms with Crippen molar-refractivity contribution in [2.75, 3.05) is 0 Å². The third-order valence-corrected chi connectivity index (χ3v) is 4.68. The van der Waals surface area contributed by atoms with Crippen molar-refractivity contribution in [2.45, 2.75) is 18.4 Å². The first-order valence-electron chi connectivity index (χ1n) is 5.14. The molecule has 0 saturated heterocycles. The van der Waals surface area contributed by atoms with Gasteiger partial charge in [0.1, 0.15) is 0 Å². The molecule has 1 heterocycles. The molecule has 0 amide bonds. The van der Waals surface area contributed by atoms with E-state index < -0.39 is 10.0 Å².